The number of nitrogens with one attached hydrogen (secondary N) is 2. The Hall–Kier alpha value is 1.06. The SMILES string of the molecule is S=P(NCCCCCCCNP(=S)(N1CC1)N1CC1)(N1CC1)N1CC1. The molecular weight excluding hydrogens is 390 g/mol. The summed E-state index contributed by atoms with van der Waals surface area (Å²) in [6, 6.07) is 0. The largest absolute Gasteiger partial charge is 0.265 e. The van der Waals surface area contributed by atoms with Crippen molar-refractivity contribution >= 4 is 36.6 Å². The lowest BCUT2D eigenvalue weighted by atomic mass is 10.1. The van der Waals surface area contributed by atoms with Crippen molar-refractivity contribution in [2.45, 2.75) is 32.1 Å². The van der Waals surface area contributed by atoms with Gasteiger partial charge in [0.15, 0.2) is 0 Å². The first-order chi connectivity index (χ1) is 12.1. The molecule has 4 aliphatic heterocycles. The van der Waals surface area contributed by atoms with Gasteiger partial charge in [-0.05, 0) is 36.5 Å². The lowest BCUT2D eigenvalue weighted by Gasteiger charge is -2.25. The van der Waals surface area contributed by atoms with Crippen LogP contribution in [0.15, 0.2) is 0 Å². The van der Waals surface area contributed by atoms with E-state index in [-0.39, 0.29) is 0 Å². The molecule has 4 fully saturated rings. The highest BCUT2D eigenvalue weighted by Gasteiger charge is 2.44. The van der Waals surface area contributed by atoms with Crippen LogP contribution in [0, 0.1) is 0 Å². The molecule has 25 heavy (non-hydrogen) atoms. The van der Waals surface area contributed by atoms with E-state index < -0.39 is 13.0 Å². The third-order valence-corrected chi connectivity index (χ3v) is 14.7. The van der Waals surface area contributed by atoms with Gasteiger partial charge < -0.3 is 0 Å². The lowest BCUT2D eigenvalue weighted by molar-refractivity contribution is 0.597. The summed E-state index contributed by atoms with van der Waals surface area (Å²) in [6.45, 7) is 8.79. The van der Waals surface area contributed by atoms with Crippen molar-refractivity contribution < 1.29 is 0 Å². The van der Waals surface area contributed by atoms with Gasteiger partial charge in [0.1, 0.15) is 13.0 Å². The Bertz CT molecular complexity index is 480. The van der Waals surface area contributed by atoms with Crippen molar-refractivity contribution in [1.82, 2.24) is 28.9 Å². The number of hydrogen-bond acceptors (Lipinski definition) is 2. The molecule has 0 radical (unpaired) electrons. The van der Waals surface area contributed by atoms with Crippen LogP contribution in [-0.4, -0.2) is 84.1 Å². The van der Waals surface area contributed by atoms with Crippen LogP contribution >= 0.6 is 13.0 Å². The van der Waals surface area contributed by atoms with E-state index in [2.05, 4.69) is 28.9 Å². The molecular formula is C15H32N6P2S2. The summed E-state index contributed by atoms with van der Waals surface area (Å²) in [6.07, 6.45) is 6.47. The number of nitrogens with zero attached hydrogens (tertiary/aromatic N) is 4. The average Bonchev–Trinajstić information content (AvgIpc) is 3.48. The van der Waals surface area contributed by atoms with Gasteiger partial charge in [0.25, 0.3) is 0 Å². The van der Waals surface area contributed by atoms with E-state index in [1.807, 2.05) is 0 Å². The molecule has 0 saturated carbocycles. The molecule has 10 heteroatoms. The predicted octanol–water partition coefficient (Wildman–Crippen LogP) is 1.83. The molecule has 0 atom stereocenters. The van der Waals surface area contributed by atoms with Gasteiger partial charge in [-0.25, -0.2) is 18.7 Å². The number of rotatable bonds is 14. The molecule has 0 aromatic heterocycles. The Morgan fingerprint density at radius 3 is 1.08 bits per heavy atom. The summed E-state index contributed by atoms with van der Waals surface area (Å²) in [5.74, 6) is 0. The first kappa shape index (κ1) is 19.4. The maximum Gasteiger partial charge on any atom is 0.143 e. The van der Waals surface area contributed by atoms with Crippen molar-refractivity contribution in [3.63, 3.8) is 0 Å². The van der Waals surface area contributed by atoms with Crippen molar-refractivity contribution in [2.24, 2.45) is 0 Å². The van der Waals surface area contributed by atoms with E-state index in [4.69, 9.17) is 23.6 Å². The molecule has 0 bridgehead atoms. The summed E-state index contributed by atoms with van der Waals surface area (Å²) in [7, 11) is 0. The van der Waals surface area contributed by atoms with Crippen molar-refractivity contribution in [1.29, 1.82) is 0 Å². The molecule has 0 amide bonds. The van der Waals surface area contributed by atoms with Crippen molar-refractivity contribution in [2.75, 3.05) is 65.4 Å². The second-order valence-corrected chi connectivity index (χ2v) is 15.6. The molecule has 4 rings (SSSR count). The molecule has 4 saturated heterocycles. The normalized spacial score (nSPS) is 24.6. The fourth-order valence-electron chi connectivity index (χ4n) is 3.25. The summed E-state index contributed by atoms with van der Waals surface area (Å²) < 4.78 is 9.88. The van der Waals surface area contributed by atoms with E-state index in [1.165, 1.54) is 84.5 Å². The van der Waals surface area contributed by atoms with E-state index in [1.54, 1.807) is 0 Å². The minimum atomic E-state index is -1.51. The Morgan fingerprint density at radius 1 is 0.520 bits per heavy atom. The first-order valence-corrected chi connectivity index (χ1v) is 15.3. The van der Waals surface area contributed by atoms with Crippen LogP contribution in [-0.2, 0) is 23.6 Å². The molecule has 0 aromatic carbocycles. The second kappa shape index (κ2) is 8.20. The highest BCUT2D eigenvalue weighted by Crippen LogP contribution is 2.57. The van der Waals surface area contributed by atoms with Gasteiger partial charge in [-0.2, -0.15) is 0 Å². The summed E-state index contributed by atoms with van der Waals surface area (Å²) in [4.78, 5) is 0. The number of unbranched alkanes of at least 4 members (excludes halogenated alkanes) is 4. The molecule has 6 nitrogen and oxygen atoms in total. The van der Waals surface area contributed by atoms with Gasteiger partial charge in [-0.3, -0.25) is 10.2 Å². The fourth-order valence-corrected chi connectivity index (χ4v) is 10.7. The molecule has 2 N–H and O–H groups in total. The summed E-state index contributed by atoms with van der Waals surface area (Å²) in [5, 5.41) is 7.45. The average molecular weight is 423 g/mol. The molecule has 0 aliphatic carbocycles. The van der Waals surface area contributed by atoms with E-state index in [0.717, 1.165) is 13.1 Å². The van der Waals surface area contributed by atoms with Gasteiger partial charge >= 0.3 is 0 Å². The molecule has 4 aliphatic rings. The Kier molecular flexibility index (Phi) is 6.36. The van der Waals surface area contributed by atoms with E-state index in [9.17, 15) is 0 Å². The summed E-state index contributed by atoms with van der Waals surface area (Å²) >= 11 is 11.9. The molecule has 0 unspecified atom stereocenters. The minimum absolute atomic E-state index is 1.09. The van der Waals surface area contributed by atoms with Crippen LogP contribution in [0.3, 0.4) is 0 Å². The van der Waals surface area contributed by atoms with Gasteiger partial charge in [0.2, 0.25) is 0 Å². The first-order valence-electron chi connectivity index (χ1n) is 9.85. The lowest BCUT2D eigenvalue weighted by Crippen LogP contribution is -2.22. The van der Waals surface area contributed by atoms with Crippen LogP contribution in [0.1, 0.15) is 32.1 Å². The third kappa shape index (κ3) is 5.11. The summed E-state index contributed by atoms with van der Waals surface area (Å²) in [5.41, 5.74) is 0. The second-order valence-electron chi connectivity index (χ2n) is 7.49. The maximum absolute atomic E-state index is 5.93. The van der Waals surface area contributed by atoms with E-state index >= 15 is 0 Å². The van der Waals surface area contributed by atoms with Crippen LogP contribution < -0.4 is 10.2 Å². The smallest absolute Gasteiger partial charge is 0.143 e. The minimum Gasteiger partial charge on any atom is -0.265 e. The van der Waals surface area contributed by atoms with Crippen LogP contribution in [0.4, 0.5) is 0 Å². The zero-order chi connectivity index (χ0) is 17.3. The Balaban J connectivity index is 1.03. The Morgan fingerprint density at radius 2 is 0.800 bits per heavy atom. The van der Waals surface area contributed by atoms with E-state index in [0.29, 0.717) is 0 Å². The third-order valence-electron chi connectivity index (χ3n) is 5.22. The topological polar surface area (TPSA) is 36.1 Å². The molecule has 0 aromatic rings. The zero-order valence-electron chi connectivity index (χ0n) is 15.1. The zero-order valence-corrected chi connectivity index (χ0v) is 18.5. The van der Waals surface area contributed by atoms with Gasteiger partial charge in [-0.1, -0.05) is 19.3 Å². The number of hydrogen-bond donors (Lipinski definition) is 2. The monoisotopic (exact) mass is 422 g/mol. The van der Waals surface area contributed by atoms with Gasteiger partial charge in [0.05, 0.1) is 0 Å². The van der Waals surface area contributed by atoms with Crippen LogP contribution in [0.2, 0.25) is 0 Å². The van der Waals surface area contributed by atoms with Crippen LogP contribution in [0.5, 0.6) is 0 Å². The van der Waals surface area contributed by atoms with Crippen molar-refractivity contribution in [3.05, 3.63) is 0 Å². The predicted molar refractivity (Wildman–Crippen MR) is 114 cm³/mol. The molecule has 144 valence electrons. The quantitative estimate of drug-likeness (QED) is 0.250. The van der Waals surface area contributed by atoms with Gasteiger partial charge in [-0.15, -0.1) is 0 Å². The van der Waals surface area contributed by atoms with Crippen molar-refractivity contribution in [3.8, 4) is 0 Å². The standard InChI is InChI=1S/C15H32N6P2S2/c24-22(18-8-9-18,19-10-11-19)16-6-4-2-1-3-5-7-17-23(25,20-12-13-20)21-14-15-21/h1-15H2,(H,16,24)(H,17,25). The maximum atomic E-state index is 5.93. The molecule has 0 spiro atoms. The highest BCUT2D eigenvalue weighted by atomic mass is 32.5. The fraction of sp³-hybridized carbons (Fsp3) is 1.00. The molecule has 4 heterocycles. The van der Waals surface area contributed by atoms with Gasteiger partial charge in [0, 0.05) is 65.4 Å². The Labute approximate surface area is 163 Å². The highest BCUT2D eigenvalue weighted by molar-refractivity contribution is 8.11. The van der Waals surface area contributed by atoms with Crippen LogP contribution in [0.25, 0.3) is 0 Å².